The molecule has 1 heteroatoms. The molecule has 14 heavy (non-hydrogen) atoms. The first kappa shape index (κ1) is 13.7. The van der Waals surface area contributed by atoms with Crippen molar-refractivity contribution in [2.45, 2.75) is 66.3 Å². The lowest BCUT2D eigenvalue weighted by Crippen LogP contribution is -2.36. The summed E-state index contributed by atoms with van der Waals surface area (Å²) in [5.74, 6) is 0.666. The predicted molar refractivity (Wildman–Crippen MR) is 66.1 cm³/mol. The van der Waals surface area contributed by atoms with Gasteiger partial charge in [-0.1, -0.05) is 47.5 Å². The van der Waals surface area contributed by atoms with Crippen LogP contribution in [-0.2, 0) is 0 Å². The second-order valence-corrected chi connectivity index (χ2v) is 5.77. The van der Waals surface area contributed by atoms with Gasteiger partial charge in [0, 0.05) is 0 Å². The Morgan fingerprint density at radius 2 is 1.50 bits per heavy atom. The van der Waals surface area contributed by atoms with Crippen LogP contribution in [0.15, 0.2) is 4.99 Å². The largest absolute Gasteiger partial charge is 0.294 e. The van der Waals surface area contributed by atoms with Gasteiger partial charge in [-0.05, 0) is 31.4 Å². The Kier molecular flexibility index (Phi) is 4.83. The second-order valence-electron chi connectivity index (χ2n) is 5.77. The number of rotatable bonds is 5. The molecule has 0 bridgehead atoms. The van der Waals surface area contributed by atoms with E-state index < -0.39 is 0 Å². The van der Waals surface area contributed by atoms with Gasteiger partial charge in [-0.2, -0.15) is 0 Å². The van der Waals surface area contributed by atoms with Crippen molar-refractivity contribution in [1.29, 1.82) is 0 Å². The fourth-order valence-corrected chi connectivity index (χ4v) is 2.57. The summed E-state index contributed by atoms with van der Waals surface area (Å²) in [5, 5.41) is 0. The summed E-state index contributed by atoms with van der Waals surface area (Å²) in [5.41, 5.74) is 0.389. The minimum atomic E-state index is 0.0573. The summed E-state index contributed by atoms with van der Waals surface area (Å²) in [6, 6.07) is 0. The fraction of sp³-hybridized carbons (Fsp3) is 0.923. The standard InChI is InChI=1S/C13H27N/c1-8-11(9-2)13(6,14-7)10-12(3,4)5/h11H,7-10H2,1-6H3. The Hall–Kier alpha value is -0.330. The fourth-order valence-electron chi connectivity index (χ4n) is 2.57. The lowest BCUT2D eigenvalue weighted by molar-refractivity contribution is 0.191. The molecular formula is C13H27N. The van der Waals surface area contributed by atoms with Crippen LogP contribution in [0.4, 0.5) is 0 Å². The molecule has 1 nitrogen and oxygen atoms in total. The first-order chi connectivity index (χ1) is 6.29. The number of aliphatic imine (C=N–C) groups is 1. The maximum absolute atomic E-state index is 4.40. The van der Waals surface area contributed by atoms with E-state index in [0.29, 0.717) is 11.3 Å². The van der Waals surface area contributed by atoms with Gasteiger partial charge in [0.25, 0.3) is 0 Å². The highest BCUT2D eigenvalue weighted by Gasteiger charge is 2.34. The van der Waals surface area contributed by atoms with Crippen molar-refractivity contribution in [2.75, 3.05) is 0 Å². The zero-order chi connectivity index (χ0) is 11.4. The van der Waals surface area contributed by atoms with E-state index in [1.807, 2.05) is 0 Å². The summed E-state index contributed by atoms with van der Waals surface area (Å²) >= 11 is 0. The Morgan fingerprint density at radius 1 is 1.07 bits per heavy atom. The van der Waals surface area contributed by atoms with Gasteiger partial charge in [0.2, 0.25) is 0 Å². The van der Waals surface area contributed by atoms with Crippen LogP contribution in [-0.4, -0.2) is 12.3 Å². The highest BCUT2D eigenvalue weighted by molar-refractivity contribution is 5.26. The van der Waals surface area contributed by atoms with Crippen LogP contribution in [0.2, 0.25) is 0 Å². The highest BCUT2D eigenvalue weighted by atomic mass is 14.8. The maximum Gasteiger partial charge on any atom is 0.0605 e. The SMILES string of the molecule is C=NC(C)(CC(C)(C)C)C(CC)CC. The van der Waals surface area contributed by atoms with Gasteiger partial charge in [0.1, 0.15) is 0 Å². The number of hydrogen-bond acceptors (Lipinski definition) is 1. The van der Waals surface area contributed by atoms with Gasteiger partial charge >= 0.3 is 0 Å². The summed E-state index contributed by atoms with van der Waals surface area (Å²) in [4.78, 5) is 4.40. The van der Waals surface area contributed by atoms with E-state index in [1.165, 1.54) is 12.8 Å². The smallest absolute Gasteiger partial charge is 0.0605 e. The maximum atomic E-state index is 4.40. The molecule has 1 unspecified atom stereocenters. The third-order valence-corrected chi connectivity index (χ3v) is 3.11. The summed E-state index contributed by atoms with van der Waals surface area (Å²) in [6.45, 7) is 17.4. The van der Waals surface area contributed by atoms with Crippen LogP contribution < -0.4 is 0 Å². The van der Waals surface area contributed by atoms with Crippen LogP contribution in [0, 0.1) is 11.3 Å². The molecule has 0 rings (SSSR count). The summed E-state index contributed by atoms with van der Waals surface area (Å²) < 4.78 is 0. The topological polar surface area (TPSA) is 12.4 Å². The van der Waals surface area contributed by atoms with Crippen molar-refractivity contribution >= 4 is 6.72 Å². The van der Waals surface area contributed by atoms with Gasteiger partial charge in [-0.15, -0.1) is 0 Å². The van der Waals surface area contributed by atoms with E-state index in [0.717, 1.165) is 6.42 Å². The molecule has 0 aliphatic heterocycles. The quantitative estimate of drug-likeness (QED) is 0.582. The minimum absolute atomic E-state index is 0.0573. The average molecular weight is 197 g/mol. The second kappa shape index (κ2) is 4.95. The normalized spacial score (nSPS) is 16.8. The molecule has 0 saturated heterocycles. The van der Waals surface area contributed by atoms with E-state index >= 15 is 0 Å². The van der Waals surface area contributed by atoms with Crippen molar-refractivity contribution in [3.63, 3.8) is 0 Å². The van der Waals surface area contributed by atoms with Gasteiger partial charge in [-0.25, -0.2) is 0 Å². The van der Waals surface area contributed by atoms with Crippen LogP contribution in [0.3, 0.4) is 0 Å². The monoisotopic (exact) mass is 197 g/mol. The first-order valence-corrected chi connectivity index (χ1v) is 5.77. The Balaban J connectivity index is 4.69. The summed E-state index contributed by atoms with van der Waals surface area (Å²) in [7, 11) is 0. The van der Waals surface area contributed by atoms with Crippen LogP contribution in [0.1, 0.15) is 60.8 Å². The van der Waals surface area contributed by atoms with Gasteiger partial charge < -0.3 is 0 Å². The molecule has 0 aromatic heterocycles. The van der Waals surface area contributed by atoms with Gasteiger partial charge in [0.15, 0.2) is 0 Å². The molecule has 0 aromatic carbocycles. The van der Waals surface area contributed by atoms with E-state index in [1.54, 1.807) is 0 Å². The lowest BCUT2D eigenvalue weighted by atomic mass is 9.72. The third-order valence-electron chi connectivity index (χ3n) is 3.11. The van der Waals surface area contributed by atoms with Crippen molar-refractivity contribution in [3.05, 3.63) is 0 Å². The Labute approximate surface area is 90.0 Å². The molecule has 0 aliphatic carbocycles. The van der Waals surface area contributed by atoms with Gasteiger partial charge in [0.05, 0.1) is 5.54 Å². The van der Waals surface area contributed by atoms with E-state index in [4.69, 9.17) is 0 Å². The van der Waals surface area contributed by atoms with Crippen molar-refractivity contribution in [3.8, 4) is 0 Å². The molecule has 0 spiro atoms. The van der Waals surface area contributed by atoms with E-state index in [-0.39, 0.29) is 5.54 Å². The molecule has 0 fully saturated rings. The van der Waals surface area contributed by atoms with Crippen LogP contribution in [0.5, 0.6) is 0 Å². The van der Waals surface area contributed by atoms with Gasteiger partial charge in [-0.3, -0.25) is 4.99 Å². The molecule has 0 N–H and O–H groups in total. The van der Waals surface area contributed by atoms with Crippen molar-refractivity contribution in [2.24, 2.45) is 16.3 Å². The average Bonchev–Trinajstić information content (AvgIpc) is 2.03. The molecule has 0 aromatic rings. The number of hydrogen-bond donors (Lipinski definition) is 0. The van der Waals surface area contributed by atoms with Crippen molar-refractivity contribution < 1.29 is 0 Å². The zero-order valence-electron chi connectivity index (χ0n) is 10.9. The molecular weight excluding hydrogens is 170 g/mol. The van der Waals surface area contributed by atoms with E-state index in [2.05, 4.69) is 53.3 Å². The molecule has 0 aliphatic rings. The highest BCUT2D eigenvalue weighted by Crippen LogP contribution is 2.37. The molecule has 84 valence electrons. The van der Waals surface area contributed by atoms with E-state index in [9.17, 15) is 0 Å². The van der Waals surface area contributed by atoms with Crippen LogP contribution in [0.25, 0.3) is 0 Å². The third kappa shape index (κ3) is 3.81. The summed E-state index contributed by atoms with van der Waals surface area (Å²) in [6.07, 6.45) is 3.51. The predicted octanol–water partition coefficient (Wildman–Crippen LogP) is 4.32. The van der Waals surface area contributed by atoms with Crippen molar-refractivity contribution in [1.82, 2.24) is 0 Å². The molecule has 1 atom stereocenters. The molecule has 0 radical (unpaired) electrons. The lowest BCUT2D eigenvalue weighted by Gasteiger charge is -2.38. The Morgan fingerprint density at radius 3 is 1.71 bits per heavy atom. The first-order valence-electron chi connectivity index (χ1n) is 5.77. The zero-order valence-corrected chi connectivity index (χ0v) is 10.9. The Bertz CT molecular complexity index is 174. The molecule has 0 heterocycles. The molecule has 0 amide bonds. The minimum Gasteiger partial charge on any atom is -0.294 e. The van der Waals surface area contributed by atoms with Crippen LogP contribution >= 0.6 is 0 Å². The molecule has 0 saturated carbocycles. The number of nitrogens with zero attached hydrogens (tertiary/aromatic N) is 1.